The van der Waals surface area contributed by atoms with Gasteiger partial charge in [0, 0.05) is 31.2 Å². The van der Waals surface area contributed by atoms with Crippen LogP contribution in [-0.2, 0) is 20.8 Å². The van der Waals surface area contributed by atoms with Crippen molar-refractivity contribution in [3.05, 3.63) is 54.6 Å². The lowest BCUT2D eigenvalue weighted by Gasteiger charge is -2.26. The molecule has 1 aromatic carbocycles. The van der Waals surface area contributed by atoms with E-state index in [0.29, 0.717) is 30.2 Å². The Labute approximate surface area is 202 Å². The number of nitrogen functional groups attached to an aromatic ring is 1. The van der Waals surface area contributed by atoms with Crippen LogP contribution in [0.25, 0.3) is 21.9 Å². The van der Waals surface area contributed by atoms with Gasteiger partial charge in [0.05, 0.1) is 29.3 Å². The van der Waals surface area contributed by atoms with Gasteiger partial charge in [-0.15, -0.1) is 0 Å². The Hall–Kier alpha value is -3.31. The lowest BCUT2D eigenvalue weighted by Crippen LogP contribution is -2.37. The zero-order chi connectivity index (χ0) is 24.6. The van der Waals surface area contributed by atoms with Crippen LogP contribution in [0.1, 0.15) is 32.2 Å². The van der Waals surface area contributed by atoms with Gasteiger partial charge in [-0.2, -0.15) is 0 Å². The van der Waals surface area contributed by atoms with Crippen LogP contribution in [0.5, 0.6) is 5.75 Å². The quantitative estimate of drug-likeness (QED) is 0.366. The highest BCUT2D eigenvalue weighted by Gasteiger charge is 2.40. The number of pyridine rings is 1. The molecule has 3 atom stereocenters. The average molecular weight is 480 g/mol. The second kappa shape index (κ2) is 9.38. The number of benzene rings is 1. The lowest BCUT2D eigenvalue weighted by molar-refractivity contribution is -0.216. The van der Waals surface area contributed by atoms with Gasteiger partial charge in [0.15, 0.2) is 5.79 Å². The Kier molecular flexibility index (Phi) is 6.28. The van der Waals surface area contributed by atoms with E-state index < -0.39 is 18.0 Å². The third-order valence-corrected chi connectivity index (χ3v) is 5.90. The van der Waals surface area contributed by atoms with E-state index in [1.807, 2.05) is 47.2 Å². The molecule has 184 valence electrons. The molecule has 2 unspecified atom stereocenters. The van der Waals surface area contributed by atoms with Gasteiger partial charge in [0.2, 0.25) is 0 Å². The monoisotopic (exact) mass is 479 g/mol. The topological polar surface area (TPSA) is 127 Å². The predicted octanol–water partition coefficient (Wildman–Crippen LogP) is 3.19. The van der Waals surface area contributed by atoms with E-state index in [1.165, 1.54) is 6.33 Å². The molecule has 35 heavy (non-hydrogen) atoms. The first kappa shape index (κ1) is 23.4. The minimum absolute atomic E-state index is 0.233. The maximum Gasteiger partial charge on any atom is 0.160 e. The summed E-state index contributed by atoms with van der Waals surface area (Å²) < 4.78 is 25.5. The molecule has 1 fully saturated rings. The van der Waals surface area contributed by atoms with E-state index in [9.17, 15) is 5.11 Å². The molecule has 0 radical (unpaired) electrons. The standard InChI is InChI=1S/C25H29N5O5/c1-25(2,31)35-20-11-22(30-9-8-18-23(26)27-14-28-24(18)30)34-21(20)13-33-17-7-5-15-4-6-16(12-32-3)29-19(15)10-17/h4-10,14,20-22,31H,11-13H2,1-3H3,(H2,26,27,28)/t20-,21?,22?/m0/s1. The fraction of sp³-hybridized carbons (Fsp3) is 0.400. The van der Waals surface area contributed by atoms with Crippen LogP contribution in [0.4, 0.5) is 5.82 Å². The summed E-state index contributed by atoms with van der Waals surface area (Å²) in [5.74, 6) is -0.244. The number of hydrogen-bond acceptors (Lipinski definition) is 9. The van der Waals surface area contributed by atoms with Crippen molar-refractivity contribution in [2.75, 3.05) is 19.5 Å². The minimum atomic E-state index is -1.32. The van der Waals surface area contributed by atoms with Crippen molar-refractivity contribution in [2.24, 2.45) is 0 Å². The summed E-state index contributed by atoms with van der Waals surface area (Å²) in [4.78, 5) is 13.0. The molecule has 4 aromatic rings. The fourth-order valence-corrected chi connectivity index (χ4v) is 4.37. The van der Waals surface area contributed by atoms with Crippen LogP contribution in [0.2, 0.25) is 0 Å². The van der Waals surface area contributed by atoms with E-state index in [2.05, 4.69) is 15.0 Å². The number of hydrogen-bond donors (Lipinski definition) is 2. The second-order valence-corrected chi connectivity index (χ2v) is 9.09. The van der Waals surface area contributed by atoms with Crippen LogP contribution in [0.3, 0.4) is 0 Å². The van der Waals surface area contributed by atoms with Crippen molar-refractivity contribution in [1.29, 1.82) is 0 Å². The van der Waals surface area contributed by atoms with E-state index in [-0.39, 0.29) is 12.8 Å². The molecule has 5 rings (SSSR count). The summed E-state index contributed by atoms with van der Waals surface area (Å²) in [6.45, 7) is 3.88. The first-order valence-corrected chi connectivity index (χ1v) is 11.4. The number of nitrogens with zero attached hydrogens (tertiary/aromatic N) is 4. The van der Waals surface area contributed by atoms with Crippen LogP contribution >= 0.6 is 0 Å². The zero-order valence-corrected chi connectivity index (χ0v) is 19.9. The zero-order valence-electron chi connectivity index (χ0n) is 19.9. The SMILES string of the molecule is COCc1ccc2ccc(OCC3OC(n4ccc5c(N)ncnc54)C[C@@H]3OC(C)(C)O)cc2n1. The van der Waals surface area contributed by atoms with Gasteiger partial charge in [-0.3, -0.25) is 4.98 Å². The van der Waals surface area contributed by atoms with Crippen LogP contribution in [0.15, 0.2) is 48.9 Å². The number of ether oxygens (including phenoxy) is 4. The molecular weight excluding hydrogens is 450 g/mol. The highest BCUT2D eigenvalue weighted by molar-refractivity contribution is 5.86. The molecule has 0 saturated carbocycles. The summed E-state index contributed by atoms with van der Waals surface area (Å²) in [5.41, 5.74) is 8.34. The van der Waals surface area contributed by atoms with E-state index in [4.69, 9.17) is 24.7 Å². The molecule has 0 amide bonds. The Morgan fingerprint density at radius 3 is 2.83 bits per heavy atom. The Morgan fingerprint density at radius 2 is 2.03 bits per heavy atom. The van der Waals surface area contributed by atoms with Gasteiger partial charge in [-0.25, -0.2) is 9.97 Å². The maximum absolute atomic E-state index is 10.3. The Morgan fingerprint density at radius 1 is 1.20 bits per heavy atom. The molecule has 0 spiro atoms. The first-order valence-electron chi connectivity index (χ1n) is 11.4. The van der Waals surface area contributed by atoms with Crippen molar-refractivity contribution >= 4 is 27.8 Å². The highest BCUT2D eigenvalue weighted by Crippen LogP contribution is 2.35. The third kappa shape index (κ3) is 5.06. The normalized spacial score (nSPS) is 20.6. The van der Waals surface area contributed by atoms with E-state index >= 15 is 0 Å². The van der Waals surface area contributed by atoms with Crippen molar-refractivity contribution < 1.29 is 24.1 Å². The molecule has 10 nitrogen and oxygen atoms in total. The molecule has 1 aliphatic rings. The van der Waals surface area contributed by atoms with Crippen LogP contribution in [0, 0.1) is 0 Å². The number of anilines is 1. The fourth-order valence-electron chi connectivity index (χ4n) is 4.37. The first-order chi connectivity index (χ1) is 16.8. The van der Waals surface area contributed by atoms with E-state index in [0.717, 1.165) is 22.0 Å². The summed E-state index contributed by atoms with van der Waals surface area (Å²) in [7, 11) is 1.64. The van der Waals surface area contributed by atoms with Crippen molar-refractivity contribution in [3.8, 4) is 5.75 Å². The number of fused-ring (bicyclic) bond motifs is 2. The smallest absolute Gasteiger partial charge is 0.160 e. The van der Waals surface area contributed by atoms with Crippen molar-refractivity contribution in [2.45, 2.75) is 51.1 Å². The summed E-state index contributed by atoms with van der Waals surface area (Å²) >= 11 is 0. The van der Waals surface area contributed by atoms with Crippen molar-refractivity contribution in [1.82, 2.24) is 19.5 Å². The van der Waals surface area contributed by atoms with Gasteiger partial charge in [0.25, 0.3) is 0 Å². The number of methoxy groups -OCH3 is 1. The summed E-state index contributed by atoms with van der Waals surface area (Å²) in [6.07, 6.45) is 2.62. The second-order valence-electron chi connectivity index (χ2n) is 9.09. The summed E-state index contributed by atoms with van der Waals surface area (Å²) in [6, 6.07) is 11.6. The number of aliphatic hydroxyl groups is 1. The van der Waals surface area contributed by atoms with Gasteiger partial charge >= 0.3 is 0 Å². The summed E-state index contributed by atoms with van der Waals surface area (Å²) in [5, 5.41) is 12.1. The maximum atomic E-state index is 10.3. The molecule has 3 N–H and O–H groups in total. The largest absolute Gasteiger partial charge is 0.491 e. The third-order valence-electron chi connectivity index (χ3n) is 5.90. The van der Waals surface area contributed by atoms with Crippen molar-refractivity contribution in [3.63, 3.8) is 0 Å². The Balaban J connectivity index is 1.35. The predicted molar refractivity (Wildman–Crippen MR) is 130 cm³/mol. The van der Waals surface area contributed by atoms with Crippen LogP contribution in [-0.4, -0.2) is 56.3 Å². The molecule has 1 aliphatic heterocycles. The van der Waals surface area contributed by atoms with Gasteiger partial charge in [-0.05, 0) is 38.1 Å². The lowest BCUT2D eigenvalue weighted by atomic mass is 10.1. The van der Waals surface area contributed by atoms with Gasteiger partial charge < -0.3 is 34.4 Å². The highest BCUT2D eigenvalue weighted by atomic mass is 16.7. The molecule has 0 bridgehead atoms. The average Bonchev–Trinajstić information content (AvgIpc) is 3.41. The van der Waals surface area contributed by atoms with E-state index in [1.54, 1.807) is 21.0 Å². The Bertz CT molecular complexity index is 1340. The molecule has 10 heteroatoms. The van der Waals surface area contributed by atoms with Crippen LogP contribution < -0.4 is 10.5 Å². The molecule has 3 aromatic heterocycles. The number of nitrogens with two attached hydrogens (primary N) is 1. The minimum Gasteiger partial charge on any atom is -0.491 e. The molecule has 4 heterocycles. The van der Waals surface area contributed by atoms with Gasteiger partial charge in [0.1, 0.15) is 42.5 Å². The number of rotatable bonds is 8. The molecule has 0 aliphatic carbocycles. The number of aromatic nitrogens is 4. The molecular formula is C25H29N5O5. The molecule has 1 saturated heterocycles. The van der Waals surface area contributed by atoms with Gasteiger partial charge in [-0.1, -0.05) is 6.07 Å².